The fraction of sp³-hybridized carbons (Fsp3) is 0.200. The van der Waals surface area contributed by atoms with Crippen LogP contribution in [0.25, 0.3) is 33.3 Å². The number of nitrogens with two attached hydrogens (primary N) is 1. The highest BCUT2D eigenvalue weighted by atomic mass is 19.3. The van der Waals surface area contributed by atoms with Crippen LogP contribution in [-0.4, -0.2) is 41.2 Å². The average Bonchev–Trinajstić information content (AvgIpc) is 3.34. The summed E-state index contributed by atoms with van der Waals surface area (Å²) in [5, 5.41) is 14.8. The molecule has 0 spiro atoms. The first-order chi connectivity index (χ1) is 20.0. The van der Waals surface area contributed by atoms with Crippen molar-refractivity contribution < 1.29 is 27.5 Å². The minimum atomic E-state index is -3.40. The number of halogens is 3. The first-order valence-electron chi connectivity index (χ1n) is 12.7. The number of aromatic nitrogens is 2. The van der Waals surface area contributed by atoms with Gasteiger partial charge in [-0.3, -0.25) is 9.59 Å². The molecule has 12 heteroatoms. The van der Waals surface area contributed by atoms with Crippen molar-refractivity contribution in [2.75, 3.05) is 18.2 Å². The fourth-order valence-corrected chi connectivity index (χ4v) is 4.73. The van der Waals surface area contributed by atoms with Gasteiger partial charge in [-0.2, -0.15) is 5.26 Å². The van der Waals surface area contributed by atoms with E-state index in [4.69, 9.17) is 10.5 Å². The number of carbonyl (C=O) groups is 2. The quantitative estimate of drug-likeness (QED) is 0.170. The number of carbonyl (C=O) groups excluding carboxylic acids is 2. The molecular weight excluding hydrogens is 549 g/mol. The van der Waals surface area contributed by atoms with Crippen LogP contribution in [0.1, 0.15) is 35.8 Å². The molecule has 4 rings (SSSR count). The number of fused-ring (bicyclic) bond motifs is 1. The van der Waals surface area contributed by atoms with Crippen LogP contribution in [-0.2, 0) is 4.79 Å². The predicted molar refractivity (Wildman–Crippen MR) is 154 cm³/mol. The molecule has 2 amide bonds. The lowest BCUT2D eigenvalue weighted by Crippen LogP contribution is -2.36. The summed E-state index contributed by atoms with van der Waals surface area (Å²) in [5.74, 6) is -1.32. The number of rotatable bonds is 9. The Balaban J connectivity index is 2.02. The Morgan fingerprint density at radius 1 is 1.14 bits per heavy atom. The highest BCUT2D eigenvalue weighted by Gasteiger charge is 2.28. The van der Waals surface area contributed by atoms with E-state index in [-0.39, 0.29) is 34.6 Å². The number of methoxy groups -OCH3 is 1. The Morgan fingerprint density at radius 2 is 1.81 bits per heavy atom. The number of nitrogens with one attached hydrogen (secondary N) is 2. The van der Waals surface area contributed by atoms with Crippen molar-refractivity contribution in [1.29, 1.82) is 5.26 Å². The number of benzene rings is 2. The molecule has 2 aromatic carbocycles. The minimum Gasteiger partial charge on any atom is -0.496 e. The van der Waals surface area contributed by atoms with Crippen LogP contribution in [0.4, 0.5) is 24.7 Å². The largest absolute Gasteiger partial charge is 0.496 e. The van der Waals surface area contributed by atoms with Crippen LogP contribution in [0.5, 0.6) is 5.75 Å². The Bertz CT molecular complexity index is 1730. The Morgan fingerprint density at radius 3 is 2.38 bits per heavy atom. The molecule has 2 heterocycles. The van der Waals surface area contributed by atoms with Crippen molar-refractivity contribution in [2.45, 2.75) is 32.6 Å². The van der Waals surface area contributed by atoms with Gasteiger partial charge in [-0.1, -0.05) is 24.8 Å². The molecule has 0 bridgehead atoms. The molecule has 4 N–H and O–H groups in total. The fourth-order valence-electron chi connectivity index (χ4n) is 4.73. The van der Waals surface area contributed by atoms with Gasteiger partial charge < -0.3 is 25.7 Å². The smallest absolute Gasteiger partial charge is 0.287 e. The van der Waals surface area contributed by atoms with Crippen molar-refractivity contribution in [2.24, 2.45) is 0 Å². The van der Waals surface area contributed by atoms with E-state index >= 15 is 0 Å². The summed E-state index contributed by atoms with van der Waals surface area (Å²) in [6.45, 7) is 7.33. The summed E-state index contributed by atoms with van der Waals surface area (Å²) < 4.78 is 46.3. The van der Waals surface area contributed by atoms with E-state index in [1.54, 1.807) is 35.6 Å². The standard InChI is InChI=1S/C30H27F3N6O3/c1-5-22(40)37-19-9-6-16(7-10-19)25-23(24-26(39(25)15(2)3)18(13-34)14-36-29(24)35)17-8-11-20(21(12-17)42-4)30(41)38-28(33)27(31)32/h5-12,14-15,27-28H,1H2,2-4H3,(H2,35,36)(H,37,40)(H,38,41). The van der Waals surface area contributed by atoms with Gasteiger partial charge in [-0.05, 0) is 55.3 Å². The Kier molecular flexibility index (Phi) is 8.51. The van der Waals surface area contributed by atoms with E-state index in [9.17, 15) is 28.0 Å². The second-order valence-corrected chi connectivity index (χ2v) is 9.48. The van der Waals surface area contributed by atoms with Crippen LogP contribution in [0.3, 0.4) is 0 Å². The number of nitriles is 1. The van der Waals surface area contributed by atoms with Gasteiger partial charge in [0.1, 0.15) is 17.6 Å². The molecule has 0 aliphatic rings. The zero-order valence-corrected chi connectivity index (χ0v) is 22.9. The Labute approximate surface area is 239 Å². The molecule has 0 saturated heterocycles. The van der Waals surface area contributed by atoms with Crippen molar-refractivity contribution >= 4 is 34.2 Å². The number of nitrogen functional groups attached to an aromatic ring is 1. The topological polar surface area (TPSA) is 135 Å². The molecule has 42 heavy (non-hydrogen) atoms. The van der Waals surface area contributed by atoms with E-state index in [1.165, 1.54) is 25.4 Å². The molecule has 216 valence electrons. The van der Waals surface area contributed by atoms with Gasteiger partial charge in [0.15, 0.2) is 0 Å². The third-order valence-corrected chi connectivity index (χ3v) is 6.52. The number of ether oxygens (including phenoxy) is 1. The molecule has 0 aliphatic heterocycles. The van der Waals surface area contributed by atoms with Gasteiger partial charge in [0.25, 0.3) is 12.3 Å². The van der Waals surface area contributed by atoms with Crippen molar-refractivity contribution in [1.82, 2.24) is 14.9 Å². The summed E-state index contributed by atoms with van der Waals surface area (Å²) in [6, 6.07) is 13.4. The van der Waals surface area contributed by atoms with E-state index in [2.05, 4.69) is 22.9 Å². The third-order valence-electron chi connectivity index (χ3n) is 6.52. The first-order valence-corrected chi connectivity index (χ1v) is 12.7. The lowest BCUT2D eigenvalue weighted by Gasteiger charge is -2.18. The number of alkyl halides is 3. The van der Waals surface area contributed by atoms with E-state index in [0.29, 0.717) is 39.0 Å². The molecule has 1 atom stereocenters. The van der Waals surface area contributed by atoms with Crippen LogP contribution < -0.4 is 21.1 Å². The molecule has 1 unspecified atom stereocenters. The third kappa shape index (κ3) is 5.49. The SMILES string of the molecule is C=CC(=O)Nc1ccc(-c2c(-c3ccc(C(=O)NC(F)C(F)F)c(OC)c3)c3c(N)ncc(C#N)c3n2C(C)C)cc1. The molecule has 0 aliphatic carbocycles. The molecule has 2 aromatic heterocycles. The van der Waals surface area contributed by atoms with Gasteiger partial charge >= 0.3 is 0 Å². The maximum Gasteiger partial charge on any atom is 0.287 e. The molecular formula is C30H27F3N6O3. The number of hydrogen-bond acceptors (Lipinski definition) is 6. The summed E-state index contributed by atoms with van der Waals surface area (Å²) in [7, 11) is 1.29. The molecule has 4 aromatic rings. The molecule has 0 saturated carbocycles. The zero-order chi connectivity index (χ0) is 30.7. The second kappa shape index (κ2) is 12.1. The van der Waals surface area contributed by atoms with Gasteiger partial charge in [0.2, 0.25) is 12.2 Å². The highest BCUT2D eigenvalue weighted by molar-refractivity contribution is 6.11. The number of amides is 2. The van der Waals surface area contributed by atoms with Crippen LogP contribution >= 0.6 is 0 Å². The summed E-state index contributed by atoms with van der Waals surface area (Å²) in [5.41, 5.74) is 10.00. The van der Waals surface area contributed by atoms with E-state index in [1.807, 2.05) is 18.4 Å². The number of pyridine rings is 1. The maximum atomic E-state index is 13.6. The predicted octanol–water partition coefficient (Wildman–Crippen LogP) is 5.83. The molecule has 9 nitrogen and oxygen atoms in total. The molecule has 0 radical (unpaired) electrons. The van der Waals surface area contributed by atoms with Crippen molar-refractivity contribution in [3.63, 3.8) is 0 Å². The van der Waals surface area contributed by atoms with Crippen molar-refractivity contribution in [3.8, 4) is 34.2 Å². The molecule has 0 fully saturated rings. The lowest BCUT2D eigenvalue weighted by atomic mass is 9.96. The van der Waals surface area contributed by atoms with Gasteiger partial charge in [-0.15, -0.1) is 0 Å². The van der Waals surface area contributed by atoms with Crippen molar-refractivity contribution in [3.05, 3.63) is 72.4 Å². The van der Waals surface area contributed by atoms with Crippen LogP contribution in [0.15, 0.2) is 61.3 Å². The average molecular weight is 577 g/mol. The minimum absolute atomic E-state index is 0.00619. The Hall–Kier alpha value is -5.31. The number of nitrogens with zero attached hydrogens (tertiary/aromatic N) is 3. The number of anilines is 2. The van der Waals surface area contributed by atoms with Gasteiger partial charge in [0, 0.05) is 23.5 Å². The first kappa shape index (κ1) is 29.7. The summed E-state index contributed by atoms with van der Waals surface area (Å²) in [6.07, 6.45) is -3.71. The van der Waals surface area contributed by atoms with Gasteiger partial charge in [-0.25, -0.2) is 18.2 Å². The lowest BCUT2D eigenvalue weighted by molar-refractivity contribution is -0.111. The van der Waals surface area contributed by atoms with E-state index < -0.39 is 18.6 Å². The monoisotopic (exact) mass is 576 g/mol. The number of hydrogen-bond donors (Lipinski definition) is 3. The van der Waals surface area contributed by atoms with Crippen LogP contribution in [0.2, 0.25) is 0 Å². The van der Waals surface area contributed by atoms with Crippen LogP contribution in [0, 0.1) is 11.3 Å². The second-order valence-electron chi connectivity index (χ2n) is 9.48. The highest BCUT2D eigenvalue weighted by Crippen LogP contribution is 2.46. The summed E-state index contributed by atoms with van der Waals surface area (Å²) in [4.78, 5) is 28.6. The summed E-state index contributed by atoms with van der Waals surface area (Å²) >= 11 is 0. The zero-order valence-electron chi connectivity index (χ0n) is 22.9. The van der Waals surface area contributed by atoms with Gasteiger partial charge in [0.05, 0.1) is 34.8 Å². The van der Waals surface area contributed by atoms with E-state index in [0.717, 1.165) is 6.08 Å². The maximum absolute atomic E-state index is 13.6. The normalized spacial score (nSPS) is 11.8.